The molecule has 6 nitrogen and oxygen atoms in total. The van der Waals surface area contributed by atoms with Gasteiger partial charge >= 0.3 is 6.18 Å². The molecule has 0 bridgehead atoms. The lowest BCUT2D eigenvalue weighted by molar-refractivity contribution is -0.137. The molecule has 1 aromatic rings. The van der Waals surface area contributed by atoms with Crippen LogP contribution in [0.15, 0.2) is 24.3 Å². The van der Waals surface area contributed by atoms with Crippen molar-refractivity contribution in [1.82, 2.24) is 9.73 Å². The number of amides is 1. The number of piperidine rings is 1. The number of rotatable bonds is 6. The fourth-order valence-electron chi connectivity index (χ4n) is 2.81. The third-order valence-corrected chi connectivity index (χ3v) is 6.17. The van der Waals surface area contributed by atoms with E-state index in [9.17, 15) is 26.4 Å². The Labute approximate surface area is 150 Å². The van der Waals surface area contributed by atoms with Crippen molar-refractivity contribution >= 4 is 21.6 Å². The van der Waals surface area contributed by atoms with E-state index in [2.05, 4.69) is 10.9 Å². The summed E-state index contributed by atoms with van der Waals surface area (Å²) in [4.78, 5) is 12.3. The third-order valence-electron chi connectivity index (χ3n) is 4.13. The monoisotopic (exact) mass is 393 g/mol. The van der Waals surface area contributed by atoms with E-state index in [-0.39, 0.29) is 18.0 Å². The highest BCUT2D eigenvalue weighted by Crippen LogP contribution is 2.30. The second-order valence-corrected chi connectivity index (χ2v) is 8.29. The topological polar surface area (TPSA) is 78.5 Å². The van der Waals surface area contributed by atoms with Gasteiger partial charge in [0.2, 0.25) is 15.9 Å². The average Bonchev–Trinajstić information content (AvgIpc) is 2.59. The van der Waals surface area contributed by atoms with Crippen LogP contribution in [0.25, 0.3) is 0 Å². The van der Waals surface area contributed by atoms with Crippen LogP contribution in [-0.2, 0) is 21.0 Å². The van der Waals surface area contributed by atoms with Crippen LogP contribution in [0.2, 0.25) is 0 Å². The van der Waals surface area contributed by atoms with Crippen molar-refractivity contribution in [2.45, 2.75) is 32.4 Å². The molecule has 1 aliphatic heterocycles. The van der Waals surface area contributed by atoms with Gasteiger partial charge in [0.1, 0.15) is 0 Å². The molecule has 1 aromatic carbocycles. The van der Waals surface area contributed by atoms with Crippen LogP contribution in [-0.4, -0.2) is 37.5 Å². The highest BCUT2D eigenvalue weighted by molar-refractivity contribution is 7.89. The van der Waals surface area contributed by atoms with E-state index >= 15 is 0 Å². The first kappa shape index (κ1) is 20.5. The summed E-state index contributed by atoms with van der Waals surface area (Å²) in [7, 11) is -3.38. The smallest absolute Gasteiger partial charge is 0.299 e. The van der Waals surface area contributed by atoms with Crippen molar-refractivity contribution < 1.29 is 26.4 Å². The van der Waals surface area contributed by atoms with Gasteiger partial charge in [-0.1, -0.05) is 13.0 Å². The zero-order valence-corrected chi connectivity index (χ0v) is 15.2. The van der Waals surface area contributed by atoms with Crippen molar-refractivity contribution in [3.8, 4) is 0 Å². The standard InChI is InChI=1S/C16H22F3N3O3S/c1-2-9-26(24,25)22-8-4-5-12(11-22)15(23)21-20-14-7-3-6-13(10-14)16(17,18)19/h3,6-7,10,12,20H,2,4-5,8-9,11H2,1H3,(H,21,23). The molecule has 26 heavy (non-hydrogen) atoms. The summed E-state index contributed by atoms with van der Waals surface area (Å²) < 4.78 is 63.7. The Hall–Kier alpha value is -1.81. The summed E-state index contributed by atoms with van der Waals surface area (Å²) in [5, 5.41) is 0. The van der Waals surface area contributed by atoms with E-state index in [1.165, 1.54) is 16.4 Å². The van der Waals surface area contributed by atoms with Crippen molar-refractivity contribution in [1.29, 1.82) is 0 Å². The van der Waals surface area contributed by atoms with Gasteiger partial charge in [-0.15, -0.1) is 0 Å². The van der Waals surface area contributed by atoms with Crippen molar-refractivity contribution in [2.24, 2.45) is 5.92 Å². The van der Waals surface area contributed by atoms with E-state index in [0.717, 1.165) is 12.1 Å². The van der Waals surface area contributed by atoms with Gasteiger partial charge in [-0.2, -0.15) is 13.2 Å². The maximum Gasteiger partial charge on any atom is 0.416 e. The lowest BCUT2D eigenvalue weighted by Crippen LogP contribution is -2.47. The predicted octanol–water partition coefficient (Wildman–Crippen LogP) is 2.60. The van der Waals surface area contributed by atoms with Crippen molar-refractivity contribution in [3.05, 3.63) is 29.8 Å². The molecule has 146 valence electrons. The normalized spacial score (nSPS) is 19.2. The number of hydrazine groups is 1. The largest absolute Gasteiger partial charge is 0.416 e. The van der Waals surface area contributed by atoms with Crippen LogP contribution < -0.4 is 10.9 Å². The molecule has 0 radical (unpaired) electrons. The molecule has 2 N–H and O–H groups in total. The fraction of sp³-hybridized carbons (Fsp3) is 0.562. The van der Waals surface area contributed by atoms with Gasteiger partial charge in [-0.3, -0.25) is 15.6 Å². The fourth-order valence-corrected chi connectivity index (χ4v) is 4.39. The quantitative estimate of drug-likeness (QED) is 0.729. The molecule has 0 saturated carbocycles. The highest BCUT2D eigenvalue weighted by Gasteiger charge is 2.32. The Balaban J connectivity index is 1.96. The maximum atomic E-state index is 12.7. The number of alkyl halides is 3. The summed E-state index contributed by atoms with van der Waals surface area (Å²) in [6.45, 7) is 2.23. The third kappa shape index (κ3) is 5.34. The molecular weight excluding hydrogens is 371 g/mol. The summed E-state index contributed by atoms with van der Waals surface area (Å²) in [5.41, 5.74) is 4.11. The lowest BCUT2D eigenvalue weighted by Gasteiger charge is -2.31. The molecule has 1 unspecified atom stereocenters. The molecule has 2 rings (SSSR count). The van der Waals surface area contributed by atoms with Crippen LogP contribution >= 0.6 is 0 Å². The minimum absolute atomic E-state index is 0.0316. The Morgan fingerprint density at radius 1 is 1.35 bits per heavy atom. The van der Waals surface area contributed by atoms with E-state index < -0.39 is 33.6 Å². The van der Waals surface area contributed by atoms with Gasteiger partial charge in [0.05, 0.1) is 22.9 Å². The number of sulfonamides is 1. The second kappa shape index (κ2) is 8.26. The van der Waals surface area contributed by atoms with Gasteiger partial charge in [0.15, 0.2) is 0 Å². The minimum Gasteiger partial charge on any atom is -0.299 e. The van der Waals surface area contributed by atoms with Crippen molar-refractivity contribution in [2.75, 3.05) is 24.3 Å². The summed E-state index contributed by atoms with van der Waals surface area (Å²) in [5.74, 6) is -0.961. The first-order valence-electron chi connectivity index (χ1n) is 8.34. The van der Waals surface area contributed by atoms with Crippen LogP contribution in [0.1, 0.15) is 31.7 Å². The molecule has 1 atom stereocenters. The van der Waals surface area contributed by atoms with Gasteiger partial charge in [-0.25, -0.2) is 12.7 Å². The summed E-state index contributed by atoms with van der Waals surface area (Å²) in [6.07, 6.45) is -2.90. The Morgan fingerprint density at radius 3 is 2.73 bits per heavy atom. The average molecular weight is 393 g/mol. The number of nitrogens with zero attached hydrogens (tertiary/aromatic N) is 1. The zero-order chi connectivity index (χ0) is 19.4. The van der Waals surface area contributed by atoms with E-state index in [0.29, 0.717) is 25.8 Å². The summed E-state index contributed by atoms with van der Waals surface area (Å²) in [6, 6.07) is 4.45. The number of carbonyl (C=O) groups is 1. The molecule has 0 spiro atoms. The lowest BCUT2D eigenvalue weighted by atomic mass is 9.99. The van der Waals surface area contributed by atoms with E-state index in [1.54, 1.807) is 6.92 Å². The number of hydrogen-bond donors (Lipinski definition) is 2. The molecule has 0 aromatic heterocycles. The number of hydrogen-bond acceptors (Lipinski definition) is 4. The van der Waals surface area contributed by atoms with E-state index in [4.69, 9.17) is 0 Å². The molecule has 1 fully saturated rings. The molecule has 1 saturated heterocycles. The SMILES string of the molecule is CCCS(=O)(=O)N1CCCC(C(=O)NNc2cccc(C(F)(F)F)c2)C1. The van der Waals surface area contributed by atoms with Crippen LogP contribution in [0.5, 0.6) is 0 Å². The predicted molar refractivity (Wildman–Crippen MR) is 91.6 cm³/mol. The van der Waals surface area contributed by atoms with Crippen molar-refractivity contribution in [3.63, 3.8) is 0 Å². The number of halogens is 3. The van der Waals surface area contributed by atoms with Gasteiger partial charge < -0.3 is 0 Å². The number of anilines is 1. The van der Waals surface area contributed by atoms with Gasteiger partial charge in [0.25, 0.3) is 0 Å². The highest BCUT2D eigenvalue weighted by atomic mass is 32.2. The number of benzene rings is 1. The Bertz CT molecular complexity index is 738. The molecule has 1 aliphatic rings. The maximum absolute atomic E-state index is 12.7. The summed E-state index contributed by atoms with van der Waals surface area (Å²) >= 11 is 0. The first-order valence-corrected chi connectivity index (χ1v) is 9.95. The van der Waals surface area contributed by atoms with Gasteiger partial charge in [0, 0.05) is 13.1 Å². The first-order chi connectivity index (χ1) is 12.1. The minimum atomic E-state index is -4.47. The Morgan fingerprint density at radius 2 is 2.08 bits per heavy atom. The van der Waals surface area contributed by atoms with Crippen LogP contribution in [0.4, 0.5) is 18.9 Å². The van der Waals surface area contributed by atoms with Gasteiger partial charge in [-0.05, 0) is 37.5 Å². The molecule has 1 heterocycles. The Kier molecular flexibility index (Phi) is 6.51. The molecule has 0 aliphatic carbocycles. The zero-order valence-electron chi connectivity index (χ0n) is 14.3. The molecule has 1 amide bonds. The van der Waals surface area contributed by atoms with Crippen LogP contribution in [0, 0.1) is 5.92 Å². The van der Waals surface area contributed by atoms with Crippen LogP contribution in [0.3, 0.4) is 0 Å². The molecule has 10 heteroatoms. The van der Waals surface area contributed by atoms with E-state index in [1.807, 2.05) is 0 Å². The molecular formula is C16H22F3N3O3S. The number of nitrogens with one attached hydrogen (secondary N) is 2. The number of carbonyl (C=O) groups excluding carboxylic acids is 1. The second-order valence-electron chi connectivity index (χ2n) is 6.21.